The van der Waals surface area contributed by atoms with Gasteiger partial charge in [0.2, 0.25) is 5.60 Å². The molecule has 1 aromatic rings. The molecule has 0 bridgehead atoms. The van der Waals surface area contributed by atoms with Crippen molar-refractivity contribution in [3.63, 3.8) is 0 Å². The summed E-state index contributed by atoms with van der Waals surface area (Å²) in [6.45, 7) is 0. The van der Waals surface area contributed by atoms with Crippen LogP contribution < -0.4 is 0 Å². The lowest BCUT2D eigenvalue weighted by atomic mass is 9.76. The third kappa shape index (κ3) is 2.44. The van der Waals surface area contributed by atoms with Crippen LogP contribution in [0.15, 0.2) is 9.98 Å². The maximum Gasteiger partial charge on any atom is 0.424 e. The van der Waals surface area contributed by atoms with Crippen LogP contribution in [0.25, 0.3) is 0 Å². The van der Waals surface area contributed by atoms with Crippen LogP contribution in [-0.2, 0) is 5.60 Å². The summed E-state index contributed by atoms with van der Waals surface area (Å²) in [6, 6.07) is 0. The zero-order valence-electron chi connectivity index (χ0n) is 9.50. The molecule has 0 amide bonds. The molecule has 2 nitrogen and oxygen atoms in total. The Balaban J connectivity index is 2.40. The topological polar surface area (TPSA) is 33.1 Å². The SMILES string of the molecule is OC(c1ncc(Br)s1)(C1CCCCC1)C(F)(F)F. The van der Waals surface area contributed by atoms with Crippen molar-refractivity contribution in [1.29, 1.82) is 0 Å². The minimum atomic E-state index is -4.69. The molecule has 0 saturated heterocycles. The Morgan fingerprint density at radius 3 is 2.33 bits per heavy atom. The third-order valence-electron chi connectivity index (χ3n) is 3.43. The van der Waals surface area contributed by atoms with E-state index in [1.54, 1.807) is 0 Å². The molecule has 102 valence electrons. The van der Waals surface area contributed by atoms with Crippen LogP contribution >= 0.6 is 27.3 Å². The molecular weight excluding hydrogens is 331 g/mol. The normalized spacial score (nSPS) is 21.8. The van der Waals surface area contributed by atoms with Gasteiger partial charge in [-0.15, -0.1) is 11.3 Å². The van der Waals surface area contributed by atoms with E-state index in [1.807, 2.05) is 0 Å². The summed E-state index contributed by atoms with van der Waals surface area (Å²) in [5.74, 6) is -0.788. The first-order valence-corrected chi connectivity index (χ1v) is 7.37. The van der Waals surface area contributed by atoms with E-state index >= 15 is 0 Å². The fourth-order valence-corrected chi connectivity index (χ4v) is 3.87. The molecule has 0 spiro atoms. The zero-order chi connectivity index (χ0) is 13.4. The third-order valence-corrected chi connectivity index (χ3v) is 5.03. The van der Waals surface area contributed by atoms with Gasteiger partial charge in [-0.05, 0) is 28.8 Å². The largest absolute Gasteiger partial charge is 0.424 e. The molecule has 0 radical (unpaired) electrons. The second kappa shape index (κ2) is 5.09. The van der Waals surface area contributed by atoms with Gasteiger partial charge in [0.25, 0.3) is 0 Å². The number of hydrogen-bond acceptors (Lipinski definition) is 3. The Morgan fingerprint density at radius 2 is 1.89 bits per heavy atom. The molecule has 1 fully saturated rings. The highest BCUT2D eigenvalue weighted by Crippen LogP contribution is 2.50. The fraction of sp³-hybridized carbons (Fsp3) is 0.727. The number of rotatable bonds is 2. The Morgan fingerprint density at radius 1 is 1.28 bits per heavy atom. The second-order valence-corrected chi connectivity index (χ2v) is 6.98. The number of aromatic nitrogens is 1. The Hall–Kier alpha value is -0.140. The van der Waals surface area contributed by atoms with Crippen LogP contribution in [0.1, 0.15) is 37.1 Å². The number of hydrogen-bond donors (Lipinski definition) is 1. The van der Waals surface area contributed by atoms with Gasteiger partial charge in [0, 0.05) is 5.92 Å². The van der Waals surface area contributed by atoms with E-state index in [1.165, 1.54) is 6.20 Å². The van der Waals surface area contributed by atoms with E-state index in [0.717, 1.165) is 30.6 Å². The first-order chi connectivity index (χ1) is 8.35. The van der Waals surface area contributed by atoms with Crippen molar-refractivity contribution in [2.45, 2.75) is 43.9 Å². The molecule has 1 atom stereocenters. The quantitative estimate of drug-likeness (QED) is 0.871. The van der Waals surface area contributed by atoms with Gasteiger partial charge >= 0.3 is 6.18 Å². The minimum Gasteiger partial charge on any atom is -0.374 e. The average Bonchev–Trinajstić information content (AvgIpc) is 2.75. The van der Waals surface area contributed by atoms with E-state index in [9.17, 15) is 18.3 Å². The molecule has 0 aromatic carbocycles. The van der Waals surface area contributed by atoms with Gasteiger partial charge in [0.1, 0.15) is 5.01 Å². The van der Waals surface area contributed by atoms with Gasteiger partial charge in [-0.2, -0.15) is 13.2 Å². The lowest BCUT2D eigenvalue weighted by molar-refractivity contribution is -0.290. The summed E-state index contributed by atoms with van der Waals surface area (Å²) in [6.07, 6.45) is -0.191. The molecule has 2 rings (SSSR count). The summed E-state index contributed by atoms with van der Waals surface area (Å²) < 4.78 is 40.4. The number of alkyl halides is 3. The highest BCUT2D eigenvalue weighted by molar-refractivity contribution is 9.11. The van der Waals surface area contributed by atoms with Crippen LogP contribution in [0, 0.1) is 5.92 Å². The molecule has 1 aromatic heterocycles. The molecular formula is C11H13BrF3NOS. The van der Waals surface area contributed by atoms with E-state index in [-0.39, 0.29) is 5.01 Å². The van der Waals surface area contributed by atoms with E-state index in [2.05, 4.69) is 20.9 Å². The van der Waals surface area contributed by atoms with Crippen LogP contribution in [0.3, 0.4) is 0 Å². The van der Waals surface area contributed by atoms with Crippen molar-refractivity contribution < 1.29 is 18.3 Å². The molecule has 1 aliphatic carbocycles. The summed E-state index contributed by atoms with van der Waals surface area (Å²) in [5, 5.41) is 10.0. The standard InChI is InChI=1S/C11H13BrF3NOS/c12-8-6-16-9(18-8)10(17,11(13,14)15)7-4-2-1-3-5-7/h6-7,17H,1-5H2. The van der Waals surface area contributed by atoms with Crippen molar-refractivity contribution in [3.05, 3.63) is 15.0 Å². The van der Waals surface area contributed by atoms with E-state index < -0.39 is 17.7 Å². The lowest BCUT2D eigenvalue weighted by Gasteiger charge is -2.38. The maximum atomic E-state index is 13.3. The van der Waals surface area contributed by atoms with Gasteiger partial charge in [-0.1, -0.05) is 19.3 Å². The Bertz CT molecular complexity index is 417. The van der Waals surface area contributed by atoms with Gasteiger partial charge in [-0.3, -0.25) is 0 Å². The molecule has 18 heavy (non-hydrogen) atoms. The zero-order valence-corrected chi connectivity index (χ0v) is 11.9. The Labute approximate surface area is 115 Å². The van der Waals surface area contributed by atoms with Crippen molar-refractivity contribution in [2.24, 2.45) is 5.92 Å². The highest BCUT2D eigenvalue weighted by atomic mass is 79.9. The summed E-state index contributed by atoms with van der Waals surface area (Å²) >= 11 is 3.94. The van der Waals surface area contributed by atoms with Crippen LogP contribution in [0.4, 0.5) is 13.2 Å². The van der Waals surface area contributed by atoms with E-state index in [0.29, 0.717) is 16.6 Å². The lowest BCUT2D eigenvalue weighted by Crippen LogP contribution is -2.49. The number of halogens is 4. The molecule has 7 heteroatoms. The smallest absolute Gasteiger partial charge is 0.374 e. The van der Waals surface area contributed by atoms with Crippen molar-refractivity contribution >= 4 is 27.3 Å². The van der Waals surface area contributed by atoms with Crippen LogP contribution in [0.2, 0.25) is 0 Å². The van der Waals surface area contributed by atoms with Crippen LogP contribution in [-0.4, -0.2) is 16.3 Å². The van der Waals surface area contributed by atoms with Crippen molar-refractivity contribution in [1.82, 2.24) is 4.98 Å². The number of aliphatic hydroxyl groups is 1. The predicted octanol–water partition coefficient (Wildman–Crippen LogP) is 4.24. The first kappa shape index (κ1) is 14.3. The summed E-state index contributed by atoms with van der Waals surface area (Å²) in [5.41, 5.74) is -2.80. The minimum absolute atomic E-state index is 0.256. The summed E-state index contributed by atoms with van der Waals surface area (Å²) in [4.78, 5) is 3.73. The second-order valence-electron chi connectivity index (χ2n) is 4.57. The average molecular weight is 344 g/mol. The highest BCUT2D eigenvalue weighted by Gasteiger charge is 2.61. The molecule has 1 unspecified atom stereocenters. The molecule has 1 saturated carbocycles. The molecule has 1 N–H and O–H groups in total. The van der Waals surface area contributed by atoms with Gasteiger partial charge < -0.3 is 5.11 Å². The Kier molecular flexibility index (Phi) is 4.04. The monoisotopic (exact) mass is 343 g/mol. The van der Waals surface area contributed by atoms with E-state index in [4.69, 9.17) is 0 Å². The van der Waals surface area contributed by atoms with Crippen molar-refractivity contribution in [2.75, 3.05) is 0 Å². The number of thiazole rings is 1. The molecule has 1 heterocycles. The van der Waals surface area contributed by atoms with Gasteiger partial charge in [-0.25, -0.2) is 4.98 Å². The summed E-state index contributed by atoms with van der Waals surface area (Å²) in [7, 11) is 0. The maximum absolute atomic E-state index is 13.3. The fourth-order valence-electron chi connectivity index (χ4n) is 2.48. The van der Waals surface area contributed by atoms with Crippen molar-refractivity contribution in [3.8, 4) is 0 Å². The van der Waals surface area contributed by atoms with Gasteiger partial charge in [0.15, 0.2) is 0 Å². The molecule has 0 aliphatic heterocycles. The van der Waals surface area contributed by atoms with Crippen LogP contribution in [0.5, 0.6) is 0 Å². The first-order valence-electron chi connectivity index (χ1n) is 5.76. The number of nitrogens with zero attached hydrogens (tertiary/aromatic N) is 1. The van der Waals surface area contributed by atoms with Gasteiger partial charge in [0.05, 0.1) is 9.98 Å². The predicted molar refractivity (Wildman–Crippen MR) is 66.3 cm³/mol. The molecule has 1 aliphatic rings.